The molecule has 12 rings (SSSR count). The van der Waals surface area contributed by atoms with E-state index in [2.05, 4.69) is 267 Å². The van der Waals surface area contributed by atoms with Gasteiger partial charge in [0.1, 0.15) is 0 Å². The Bertz CT molecular complexity index is 3310. The average molecular weight is 830 g/mol. The zero-order valence-corrected chi connectivity index (χ0v) is 36.6. The van der Waals surface area contributed by atoms with Crippen molar-refractivity contribution >= 4 is 17.1 Å². The van der Waals surface area contributed by atoms with E-state index in [0.29, 0.717) is 0 Å². The van der Waals surface area contributed by atoms with Gasteiger partial charge in [-0.3, -0.25) is 0 Å². The Morgan fingerprint density at radius 1 is 0.277 bits per heavy atom. The van der Waals surface area contributed by atoms with E-state index in [-0.39, 0.29) is 5.41 Å². The van der Waals surface area contributed by atoms with Crippen LogP contribution < -0.4 is 4.90 Å². The fourth-order valence-electron chi connectivity index (χ4n) is 11.1. The van der Waals surface area contributed by atoms with Gasteiger partial charge in [0.15, 0.2) is 0 Å². The van der Waals surface area contributed by atoms with Crippen molar-refractivity contribution < 1.29 is 0 Å². The normalized spacial score (nSPS) is 13.6. The number of nitrogens with zero attached hydrogens (tertiary/aromatic N) is 1. The van der Waals surface area contributed by atoms with E-state index in [0.717, 1.165) is 17.1 Å². The highest BCUT2D eigenvalue weighted by Crippen LogP contribution is 2.58. The molecule has 1 nitrogen and oxygen atoms in total. The number of rotatable bonds is 8. The number of hydrogen-bond acceptors (Lipinski definition) is 1. The Morgan fingerprint density at radius 2 is 0.692 bits per heavy atom. The molecule has 0 radical (unpaired) electrons. The quantitative estimate of drug-likeness (QED) is 0.147. The number of fused-ring (bicyclic) bond motifs is 6. The van der Waals surface area contributed by atoms with E-state index >= 15 is 0 Å². The molecule has 308 valence electrons. The molecule has 0 spiro atoms. The van der Waals surface area contributed by atoms with Gasteiger partial charge in [0.05, 0.1) is 5.41 Å². The molecular weight excluding hydrogens is 783 g/mol. The molecule has 0 atom stereocenters. The first-order valence-electron chi connectivity index (χ1n) is 22.8. The van der Waals surface area contributed by atoms with Gasteiger partial charge in [-0.05, 0) is 125 Å². The van der Waals surface area contributed by atoms with Crippen molar-refractivity contribution in [3.63, 3.8) is 0 Å². The first-order valence-corrected chi connectivity index (χ1v) is 22.8. The summed E-state index contributed by atoms with van der Waals surface area (Å²) in [6.45, 7) is 4.72. The van der Waals surface area contributed by atoms with Crippen LogP contribution in [-0.2, 0) is 10.8 Å². The van der Waals surface area contributed by atoms with E-state index in [1.165, 1.54) is 89.0 Å². The van der Waals surface area contributed by atoms with Crippen LogP contribution in [0.15, 0.2) is 249 Å². The monoisotopic (exact) mass is 829 g/mol. The Labute approximate surface area is 382 Å². The molecule has 0 heterocycles. The van der Waals surface area contributed by atoms with Gasteiger partial charge in [-0.25, -0.2) is 0 Å². The van der Waals surface area contributed by atoms with Gasteiger partial charge in [-0.2, -0.15) is 0 Å². The van der Waals surface area contributed by atoms with Crippen molar-refractivity contribution in [2.75, 3.05) is 4.90 Å². The van der Waals surface area contributed by atoms with Crippen LogP contribution in [0.4, 0.5) is 17.1 Å². The molecule has 0 fully saturated rings. The van der Waals surface area contributed by atoms with E-state index in [1.54, 1.807) is 0 Å². The minimum atomic E-state index is -0.446. The zero-order chi connectivity index (χ0) is 43.5. The molecule has 0 saturated heterocycles. The maximum Gasteiger partial charge on any atom is 0.0713 e. The molecule has 10 aromatic rings. The largest absolute Gasteiger partial charge is 0.310 e. The van der Waals surface area contributed by atoms with Crippen LogP contribution in [0.5, 0.6) is 0 Å². The molecule has 65 heavy (non-hydrogen) atoms. The first kappa shape index (κ1) is 38.7. The minimum absolute atomic E-state index is 0.119. The van der Waals surface area contributed by atoms with Crippen molar-refractivity contribution in [2.45, 2.75) is 24.7 Å². The van der Waals surface area contributed by atoms with Crippen molar-refractivity contribution in [2.24, 2.45) is 0 Å². The van der Waals surface area contributed by atoms with Crippen LogP contribution in [0.2, 0.25) is 0 Å². The molecule has 0 aromatic heterocycles. The lowest BCUT2D eigenvalue weighted by molar-refractivity contribution is 0.660. The third kappa shape index (κ3) is 6.15. The number of anilines is 3. The lowest BCUT2D eigenvalue weighted by atomic mass is 9.67. The molecule has 0 unspecified atom stereocenters. The predicted octanol–water partition coefficient (Wildman–Crippen LogP) is 16.8. The highest BCUT2D eigenvalue weighted by molar-refractivity contribution is 5.96. The summed E-state index contributed by atoms with van der Waals surface area (Å²) in [6, 6.07) is 91.8. The second-order valence-corrected chi connectivity index (χ2v) is 18.0. The second kappa shape index (κ2) is 15.4. The van der Waals surface area contributed by atoms with Crippen molar-refractivity contribution in [3.8, 4) is 55.6 Å². The smallest absolute Gasteiger partial charge is 0.0713 e. The lowest BCUT2D eigenvalue weighted by Crippen LogP contribution is -2.28. The molecule has 2 aliphatic rings. The summed E-state index contributed by atoms with van der Waals surface area (Å²) in [7, 11) is 0. The highest BCUT2D eigenvalue weighted by Gasteiger charge is 2.46. The van der Waals surface area contributed by atoms with E-state index in [1.807, 2.05) is 0 Å². The second-order valence-electron chi connectivity index (χ2n) is 18.0. The van der Waals surface area contributed by atoms with Crippen LogP contribution in [0.25, 0.3) is 55.6 Å². The van der Waals surface area contributed by atoms with E-state index in [4.69, 9.17) is 0 Å². The summed E-state index contributed by atoms with van der Waals surface area (Å²) >= 11 is 0. The summed E-state index contributed by atoms with van der Waals surface area (Å²) < 4.78 is 0. The Kier molecular flexibility index (Phi) is 9.14. The number of benzene rings is 10. The van der Waals surface area contributed by atoms with Crippen molar-refractivity contribution in [1.29, 1.82) is 0 Å². The molecular formula is C64H47N. The summed E-state index contributed by atoms with van der Waals surface area (Å²) in [5, 5.41) is 0. The average Bonchev–Trinajstić information content (AvgIpc) is 3.81. The minimum Gasteiger partial charge on any atom is -0.310 e. The predicted molar refractivity (Wildman–Crippen MR) is 272 cm³/mol. The van der Waals surface area contributed by atoms with Crippen molar-refractivity contribution in [3.05, 3.63) is 282 Å². The van der Waals surface area contributed by atoms with Crippen molar-refractivity contribution in [1.82, 2.24) is 0 Å². The SMILES string of the molecule is CC1(C)c2ccccc2-c2ccc(N(c3ccc(-c4ccc(-c5ccccc5)cc4)cc3)c3ccc(-c4cccc5c4-c4ccccc4C5(c4ccccc4)c4ccccc4)cc3)cc21. The maximum atomic E-state index is 2.42. The Morgan fingerprint density at radius 3 is 1.29 bits per heavy atom. The van der Waals surface area contributed by atoms with Gasteiger partial charge < -0.3 is 4.90 Å². The molecule has 0 saturated carbocycles. The van der Waals surface area contributed by atoms with Gasteiger partial charge in [0.2, 0.25) is 0 Å². The van der Waals surface area contributed by atoms with E-state index in [9.17, 15) is 0 Å². The summed E-state index contributed by atoms with van der Waals surface area (Å²) in [4.78, 5) is 2.42. The lowest BCUT2D eigenvalue weighted by Gasteiger charge is -2.34. The summed E-state index contributed by atoms with van der Waals surface area (Å²) in [5.74, 6) is 0. The molecule has 1 heteroatoms. The molecule has 0 N–H and O–H groups in total. The molecule has 0 amide bonds. The Hall–Kier alpha value is -8.00. The van der Waals surface area contributed by atoms with Gasteiger partial charge in [0, 0.05) is 22.5 Å². The fourth-order valence-corrected chi connectivity index (χ4v) is 11.1. The highest BCUT2D eigenvalue weighted by atomic mass is 15.1. The molecule has 2 aliphatic carbocycles. The third-order valence-corrected chi connectivity index (χ3v) is 14.2. The summed E-state index contributed by atoms with van der Waals surface area (Å²) in [5.41, 5.74) is 23.2. The zero-order valence-electron chi connectivity index (χ0n) is 36.6. The third-order valence-electron chi connectivity index (χ3n) is 14.2. The van der Waals surface area contributed by atoms with Gasteiger partial charge in [0.25, 0.3) is 0 Å². The summed E-state index contributed by atoms with van der Waals surface area (Å²) in [6.07, 6.45) is 0. The Balaban J connectivity index is 0.970. The number of hydrogen-bond donors (Lipinski definition) is 0. The van der Waals surface area contributed by atoms with E-state index < -0.39 is 5.41 Å². The van der Waals surface area contributed by atoms with Gasteiger partial charge >= 0.3 is 0 Å². The fraction of sp³-hybridized carbons (Fsp3) is 0.0625. The van der Waals surface area contributed by atoms with Gasteiger partial charge in [-0.15, -0.1) is 0 Å². The van der Waals surface area contributed by atoms with Crippen LogP contribution in [-0.4, -0.2) is 0 Å². The van der Waals surface area contributed by atoms with Crippen LogP contribution in [0.1, 0.15) is 47.2 Å². The maximum absolute atomic E-state index is 2.42. The molecule has 0 bridgehead atoms. The molecule has 10 aromatic carbocycles. The van der Waals surface area contributed by atoms with Gasteiger partial charge in [-0.1, -0.05) is 226 Å². The van der Waals surface area contributed by atoms with Crippen LogP contribution >= 0.6 is 0 Å². The topological polar surface area (TPSA) is 3.24 Å². The molecule has 0 aliphatic heterocycles. The first-order chi connectivity index (χ1) is 32.0. The standard InChI is InChI=1S/C64H47N/c1-63(2)58-26-14-12-23-55(58)56-42-41-53(43-61(56)63)65(51-37-33-47(34-38-51)46-31-29-45(30-32-46)44-17-6-3-7-18-44)52-39-35-48(36-40-52)54-25-16-28-60-62(54)57-24-13-15-27-59(57)64(60,49-19-8-4-9-20-49)50-21-10-5-11-22-50/h3-43H,1-2H3. The van der Waals surface area contributed by atoms with Crippen LogP contribution in [0.3, 0.4) is 0 Å². The van der Waals surface area contributed by atoms with Crippen LogP contribution in [0, 0.1) is 0 Å².